The normalized spacial score (nSPS) is 18.8. The minimum atomic E-state index is -3.87. The van der Waals surface area contributed by atoms with Crippen molar-refractivity contribution in [1.82, 2.24) is 4.72 Å². The summed E-state index contributed by atoms with van der Waals surface area (Å²) < 4.78 is 26.7. The number of aliphatic carboxylic acids is 1. The van der Waals surface area contributed by atoms with Crippen LogP contribution in [0.5, 0.6) is 0 Å². The second-order valence-corrected chi connectivity index (χ2v) is 6.96. The number of sulfonamides is 1. The summed E-state index contributed by atoms with van der Waals surface area (Å²) in [6.45, 7) is 1.40. The molecule has 1 aromatic carbocycles. The number of carboxylic acids is 1. The Labute approximate surface area is 116 Å². The Balaban J connectivity index is 2.30. The molecule has 104 valence electrons. The summed E-state index contributed by atoms with van der Waals surface area (Å²) in [6.07, 6.45) is 1.43. The first-order valence-corrected chi connectivity index (χ1v) is 7.65. The van der Waals surface area contributed by atoms with Crippen LogP contribution in [0.4, 0.5) is 0 Å². The molecule has 5 nitrogen and oxygen atoms in total. The van der Waals surface area contributed by atoms with Crippen LogP contribution >= 0.6 is 11.6 Å². The Kier molecular flexibility index (Phi) is 3.59. The first kappa shape index (κ1) is 14.3. The average Bonchev–Trinajstić information content (AvgIpc) is 3.12. The molecule has 1 unspecified atom stereocenters. The summed E-state index contributed by atoms with van der Waals surface area (Å²) >= 11 is 5.70. The highest BCUT2D eigenvalue weighted by atomic mass is 35.5. The molecular weight excluding hydrogens is 290 g/mol. The van der Waals surface area contributed by atoms with Crippen molar-refractivity contribution >= 4 is 27.6 Å². The lowest BCUT2D eigenvalue weighted by molar-refractivity contribution is -0.144. The lowest BCUT2D eigenvalue weighted by Crippen LogP contribution is -2.53. The van der Waals surface area contributed by atoms with E-state index < -0.39 is 21.5 Å². The fourth-order valence-corrected chi connectivity index (χ4v) is 3.46. The van der Waals surface area contributed by atoms with Crippen LogP contribution < -0.4 is 4.72 Å². The monoisotopic (exact) mass is 303 g/mol. The van der Waals surface area contributed by atoms with Gasteiger partial charge in [-0.15, -0.1) is 0 Å². The number of nitrogens with one attached hydrogen (secondary N) is 1. The third kappa shape index (κ3) is 2.91. The van der Waals surface area contributed by atoms with Gasteiger partial charge >= 0.3 is 5.97 Å². The number of carboxylic acid groups (broad SMARTS) is 1. The number of hydrogen-bond acceptors (Lipinski definition) is 3. The van der Waals surface area contributed by atoms with Gasteiger partial charge in [0.05, 0.1) is 4.90 Å². The molecule has 0 spiro atoms. The number of carbonyl (C=O) groups is 1. The molecule has 0 heterocycles. The van der Waals surface area contributed by atoms with Crippen molar-refractivity contribution < 1.29 is 18.3 Å². The lowest BCUT2D eigenvalue weighted by atomic mass is 9.98. The molecule has 1 fully saturated rings. The molecule has 0 radical (unpaired) electrons. The van der Waals surface area contributed by atoms with E-state index >= 15 is 0 Å². The van der Waals surface area contributed by atoms with Gasteiger partial charge in [0.2, 0.25) is 10.0 Å². The second-order valence-electron chi connectivity index (χ2n) is 4.84. The molecule has 0 saturated heterocycles. The lowest BCUT2D eigenvalue weighted by Gasteiger charge is -2.25. The van der Waals surface area contributed by atoms with E-state index in [2.05, 4.69) is 4.72 Å². The topological polar surface area (TPSA) is 83.5 Å². The summed E-state index contributed by atoms with van der Waals surface area (Å²) in [5.74, 6) is -1.32. The van der Waals surface area contributed by atoms with Crippen LogP contribution in [0.2, 0.25) is 5.02 Å². The van der Waals surface area contributed by atoms with E-state index in [1.165, 1.54) is 31.2 Å². The van der Waals surface area contributed by atoms with E-state index in [1.54, 1.807) is 0 Å². The SMILES string of the molecule is CC(NS(=O)(=O)c1ccc(Cl)cc1)(C(=O)O)C1CC1. The molecule has 0 aliphatic heterocycles. The standard InChI is InChI=1S/C12H14ClNO4S/c1-12(11(15)16,8-2-3-8)14-19(17,18)10-6-4-9(13)5-7-10/h4-8,14H,2-3H2,1H3,(H,15,16). The van der Waals surface area contributed by atoms with Gasteiger partial charge in [0.1, 0.15) is 5.54 Å². The predicted octanol–water partition coefficient (Wildman–Crippen LogP) is 1.87. The van der Waals surface area contributed by atoms with Crippen LogP contribution in [-0.2, 0) is 14.8 Å². The Morgan fingerprint density at radius 1 is 1.37 bits per heavy atom. The average molecular weight is 304 g/mol. The number of rotatable bonds is 5. The molecule has 1 aliphatic carbocycles. The first-order valence-electron chi connectivity index (χ1n) is 5.78. The van der Waals surface area contributed by atoms with Crippen LogP contribution in [0.15, 0.2) is 29.2 Å². The molecule has 1 aliphatic rings. The van der Waals surface area contributed by atoms with Crippen molar-refractivity contribution in [3.8, 4) is 0 Å². The van der Waals surface area contributed by atoms with Crippen molar-refractivity contribution in [1.29, 1.82) is 0 Å². The smallest absolute Gasteiger partial charge is 0.324 e. The molecule has 2 rings (SSSR count). The Morgan fingerprint density at radius 3 is 2.32 bits per heavy atom. The molecule has 0 aromatic heterocycles. The van der Waals surface area contributed by atoms with Gasteiger partial charge in [0, 0.05) is 5.02 Å². The zero-order valence-corrected chi connectivity index (χ0v) is 11.8. The molecular formula is C12H14ClNO4S. The maximum Gasteiger partial charge on any atom is 0.324 e. The van der Waals surface area contributed by atoms with Crippen molar-refractivity contribution in [2.24, 2.45) is 5.92 Å². The summed E-state index contributed by atoms with van der Waals surface area (Å²) in [7, 11) is -3.87. The highest BCUT2D eigenvalue weighted by molar-refractivity contribution is 7.89. The van der Waals surface area contributed by atoms with E-state index in [1.807, 2.05) is 0 Å². The number of halogens is 1. The third-order valence-corrected chi connectivity index (χ3v) is 5.15. The van der Waals surface area contributed by atoms with Gasteiger partial charge in [-0.05, 0) is 49.9 Å². The Morgan fingerprint density at radius 2 is 1.89 bits per heavy atom. The predicted molar refractivity (Wildman–Crippen MR) is 70.5 cm³/mol. The Bertz CT molecular complexity index is 595. The molecule has 2 N–H and O–H groups in total. The first-order chi connectivity index (χ1) is 8.75. The molecule has 19 heavy (non-hydrogen) atoms. The molecule has 0 bridgehead atoms. The minimum absolute atomic E-state index is 0.00465. The fourth-order valence-electron chi connectivity index (χ4n) is 1.91. The van der Waals surface area contributed by atoms with Crippen molar-refractivity contribution in [3.05, 3.63) is 29.3 Å². The van der Waals surface area contributed by atoms with Crippen molar-refractivity contribution in [2.45, 2.75) is 30.2 Å². The van der Waals surface area contributed by atoms with E-state index in [0.717, 1.165) is 0 Å². The summed E-state index contributed by atoms with van der Waals surface area (Å²) in [6, 6.07) is 5.59. The summed E-state index contributed by atoms with van der Waals surface area (Å²) in [4.78, 5) is 11.3. The zero-order valence-electron chi connectivity index (χ0n) is 10.3. The Hall–Kier alpha value is -1.11. The molecule has 1 atom stereocenters. The van der Waals surface area contributed by atoms with Crippen molar-refractivity contribution in [3.63, 3.8) is 0 Å². The summed E-state index contributed by atoms with van der Waals surface area (Å²) in [5.41, 5.74) is -1.46. The van der Waals surface area contributed by atoms with Crippen LogP contribution in [0, 0.1) is 5.92 Å². The molecule has 0 amide bonds. The van der Waals surface area contributed by atoms with Crippen LogP contribution in [0.3, 0.4) is 0 Å². The highest BCUT2D eigenvalue weighted by Gasteiger charge is 2.50. The second kappa shape index (κ2) is 4.77. The van der Waals surface area contributed by atoms with Gasteiger partial charge in [-0.1, -0.05) is 11.6 Å². The fraction of sp³-hybridized carbons (Fsp3) is 0.417. The van der Waals surface area contributed by atoms with E-state index in [9.17, 15) is 18.3 Å². The molecule has 1 saturated carbocycles. The van der Waals surface area contributed by atoms with E-state index in [4.69, 9.17) is 11.6 Å². The zero-order chi connectivity index (χ0) is 14.3. The van der Waals surface area contributed by atoms with Gasteiger partial charge in [0.25, 0.3) is 0 Å². The van der Waals surface area contributed by atoms with Crippen LogP contribution in [-0.4, -0.2) is 25.0 Å². The quantitative estimate of drug-likeness (QED) is 0.870. The maximum absolute atomic E-state index is 12.2. The van der Waals surface area contributed by atoms with Crippen LogP contribution in [0.25, 0.3) is 0 Å². The number of benzene rings is 1. The van der Waals surface area contributed by atoms with Gasteiger partial charge in [-0.3, -0.25) is 4.79 Å². The number of hydrogen-bond donors (Lipinski definition) is 2. The summed E-state index contributed by atoms with van der Waals surface area (Å²) in [5, 5.41) is 9.67. The van der Waals surface area contributed by atoms with Gasteiger partial charge in [-0.2, -0.15) is 4.72 Å². The van der Waals surface area contributed by atoms with Gasteiger partial charge in [-0.25, -0.2) is 8.42 Å². The van der Waals surface area contributed by atoms with E-state index in [-0.39, 0.29) is 10.8 Å². The third-order valence-electron chi connectivity index (χ3n) is 3.31. The maximum atomic E-state index is 12.2. The van der Waals surface area contributed by atoms with Gasteiger partial charge in [0.15, 0.2) is 0 Å². The van der Waals surface area contributed by atoms with Crippen LogP contribution in [0.1, 0.15) is 19.8 Å². The molecule has 7 heteroatoms. The minimum Gasteiger partial charge on any atom is -0.480 e. The highest BCUT2D eigenvalue weighted by Crippen LogP contribution is 2.40. The molecule has 1 aromatic rings. The van der Waals surface area contributed by atoms with E-state index in [0.29, 0.717) is 17.9 Å². The van der Waals surface area contributed by atoms with Crippen molar-refractivity contribution in [2.75, 3.05) is 0 Å². The van der Waals surface area contributed by atoms with Gasteiger partial charge < -0.3 is 5.11 Å². The largest absolute Gasteiger partial charge is 0.480 e.